The monoisotopic (exact) mass is 272 g/mol. The van der Waals surface area contributed by atoms with Gasteiger partial charge in [-0.25, -0.2) is 21.2 Å². The number of rotatable bonds is 3. The Hall–Kier alpha value is -0.660. The largest absolute Gasteiger partial charge is 0.262 e. The molecular formula is C7H6ClFO4S2. The van der Waals surface area contributed by atoms with Gasteiger partial charge in [0.25, 0.3) is 9.05 Å². The number of halogens is 2. The maximum atomic E-state index is 12.2. The Bertz CT molecular complexity index is 564. The summed E-state index contributed by atoms with van der Waals surface area (Å²) < 4.78 is 56.5. The van der Waals surface area contributed by atoms with Crippen molar-refractivity contribution in [1.29, 1.82) is 0 Å². The molecule has 0 unspecified atom stereocenters. The van der Waals surface area contributed by atoms with Crippen molar-refractivity contribution in [1.82, 2.24) is 0 Å². The van der Waals surface area contributed by atoms with E-state index < -0.39 is 34.7 Å². The molecular weight excluding hydrogens is 267 g/mol. The Morgan fingerprint density at radius 1 is 1.07 bits per heavy atom. The third kappa shape index (κ3) is 2.67. The van der Waals surface area contributed by atoms with Crippen LogP contribution in [-0.4, -0.2) is 22.8 Å². The maximum absolute atomic E-state index is 12.2. The highest BCUT2D eigenvalue weighted by atomic mass is 35.7. The maximum Gasteiger partial charge on any atom is 0.262 e. The summed E-state index contributed by atoms with van der Waals surface area (Å²) in [6.07, 6.45) is 0. The fraction of sp³-hybridized carbons (Fsp3) is 0.143. The highest BCUT2D eigenvalue weighted by Gasteiger charge is 2.24. The molecule has 0 heterocycles. The average Bonchev–Trinajstić information content (AvgIpc) is 2.16. The van der Waals surface area contributed by atoms with Crippen LogP contribution >= 0.6 is 10.7 Å². The van der Waals surface area contributed by atoms with Crippen molar-refractivity contribution in [3.63, 3.8) is 0 Å². The normalized spacial score (nSPS) is 12.7. The Morgan fingerprint density at radius 2 is 1.53 bits per heavy atom. The number of alkyl halides is 1. The van der Waals surface area contributed by atoms with Crippen LogP contribution in [0.4, 0.5) is 4.39 Å². The lowest BCUT2D eigenvalue weighted by molar-refractivity contribution is 0.532. The topological polar surface area (TPSA) is 68.3 Å². The lowest BCUT2D eigenvalue weighted by Crippen LogP contribution is -2.07. The summed E-state index contributed by atoms with van der Waals surface area (Å²) in [7, 11) is -3.43. The van der Waals surface area contributed by atoms with Gasteiger partial charge in [0.15, 0.2) is 6.01 Å². The van der Waals surface area contributed by atoms with Gasteiger partial charge in [0.1, 0.15) is 4.90 Å². The van der Waals surface area contributed by atoms with E-state index in [4.69, 9.17) is 10.7 Å². The summed E-state index contributed by atoms with van der Waals surface area (Å²) in [4.78, 5) is -1.23. The first kappa shape index (κ1) is 12.4. The van der Waals surface area contributed by atoms with E-state index in [1.807, 2.05) is 0 Å². The van der Waals surface area contributed by atoms with E-state index in [0.29, 0.717) is 0 Å². The summed E-state index contributed by atoms with van der Waals surface area (Å²) in [5, 5.41) is 0. The van der Waals surface area contributed by atoms with Crippen molar-refractivity contribution < 1.29 is 21.2 Å². The highest BCUT2D eigenvalue weighted by Crippen LogP contribution is 2.24. The van der Waals surface area contributed by atoms with E-state index in [0.717, 1.165) is 12.1 Å². The van der Waals surface area contributed by atoms with E-state index in [1.165, 1.54) is 12.1 Å². The van der Waals surface area contributed by atoms with Crippen LogP contribution < -0.4 is 0 Å². The van der Waals surface area contributed by atoms with Crippen LogP contribution in [0.5, 0.6) is 0 Å². The molecule has 4 nitrogen and oxygen atoms in total. The lowest BCUT2D eigenvalue weighted by Gasteiger charge is -2.04. The van der Waals surface area contributed by atoms with E-state index in [2.05, 4.69) is 0 Å². The third-order valence-electron chi connectivity index (χ3n) is 1.59. The minimum absolute atomic E-state index is 0.607. The first-order chi connectivity index (χ1) is 6.79. The SMILES string of the molecule is O=S(=O)(Cl)c1ccccc1S(=O)(=O)CF. The van der Waals surface area contributed by atoms with Crippen LogP contribution in [0.2, 0.25) is 0 Å². The molecule has 0 fully saturated rings. The first-order valence-electron chi connectivity index (χ1n) is 3.61. The van der Waals surface area contributed by atoms with E-state index in [1.54, 1.807) is 0 Å². The molecule has 1 aromatic carbocycles. The van der Waals surface area contributed by atoms with Gasteiger partial charge in [-0.3, -0.25) is 0 Å². The Kier molecular flexibility index (Phi) is 3.37. The molecule has 0 saturated heterocycles. The fourth-order valence-corrected chi connectivity index (χ4v) is 3.55. The van der Waals surface area contributed by atoms with Gasteiger partial charge in [0.2, 0.25) is 9.84 Å². The van der Waals surface area contributed by atoms with Crippen LogP contribution in [0.3, 0.4) is 0 Å². The van der Waals surface area contributed by atoms with Gasteiger partial charge in [-0.1, -0.05) is 12.1 Å². The molecule has 1 rings (SSSR count). The molecule has 0 saturated carbocycles. The highest BCUT2D eigenvalue weighted by molar-refractivity contribution is 8.14. The molecule has 0 amide bonds. The zero-order chi connectivity index (χ0) is 11.7. The van der Waals surface area contributed by atoms with E-state index >= 15 is 0 Å². The van der Waals surface area contributed by atoms with Crippen molar-refractivity contribution in [2.45, 2.75) is 9.79 Å². The van der Waals surface area contributed by atoms with Gasteiger partial charge in [-0.2, -0.15) is 0 Å². The van der Waals surface area contributed by atoms with Gasteiger partial charge in [-0.15, -0.1) is 0 Å². The van der Waals surface area contributed by atoms with Gasteiger partial charge < -0.3 is 0 Å². The molecule has 0 atom stereocenters. The smallest absolute Gasteiger partial charge is 0.233 e. The van der Waals surface area contributed by atoms with Crippen molar-refractivity contribution in [3.05, 3.63) is 24.3 Å². The second-order valence-corrected chi connectivity index (χ2v) is 7.03. The number of benzene rings is 1. The summed E-state index contributed by atoms with van der Waals surface area (Å²) in [6.45, 7) is 0. The Balaban J connectivity index is 3.59. The predicted octanol–water partition coefficient (Wildman–Crippen LogP) is 1.31. The number of hydrogen-bond acceptors (Lipinski definition) is 4. The van der Waals surface area contributed by atoms with E-state index in [-0.39, 0.29) is 0 Å². The Morgan fingerprint density at radius 3 is 1.93 bits per heavy atom. The second kappa shape index (κ2) is 4.07. The summed E-state index contributed by atoms with van der Waals surface area (Å²) in [5.41, 5.74) is 0. The lowest BCUT2D eigenvalue weighted by atomic mass is 10.4. The van der Waals surface area contributed by atoms with Gasteiger partial charge in [0, 0.05) is 10.7 Å². The summed E-state index contributed by atoms with van der Waals surface area (Å²) >= 11 is 0. The van der Waals surface area contributed by atoms with Crippen LogP contribution in [0, 0.1) is 0 Å². The number of hydrogen-bond donors (Lipinski definition) is 0. The minimum Gasteiger partial charge on any atom is -0.233 e. The molecule has 0 aliphatic heterocycles. The molecule has 0 aromatic heterocycles. The Labute approximate surface area is 91.0 Å². The standard InChI is InChI=1S/C7H6ClFO4S2/c8-15(12,13)7-4-2-1-3-6(7)14(10,11)5-9/h1-4H,5H2. The molecule has 8 heteroatoms. The van der Waals surface area contributed by atoms with Crippen LogP contribution in [0.25, 0.3) is 0 Å². The molecule has 0 radical (unpaired) electrons. The zero-order valence-electron chi connectivity index (χ0n) is 7.22. The average molecular weight is 273 g/mol. The first-order valence-corrected chi connectivity index (χ1v) is 7.57. The molecule has 0 aliphatic carbocycles. The predicted molar refractivity (Wildman–Crippen MR) is 52.6 cm³/mol. The molecule has 15 heavy (non-hydrogen) atoms. The summed E-state index contributed by atoms with van der Waals surface area (Å²) in [5.74, 6) is 0. The molecule has 1 aromatic rings. The summed E-state index contributed by atoms with van der Waals surface area (Å²) in [6, 6.07) is 2.91. The van der Waals surface area contributed by atoms with Crippen LogP contribution in [0.15, 0.2) is 34.1 Å². The van der Waals surface area contributed by atoms with Crippen molar-refractivity contribution in [2.24, 2.45) is 0 Å². The van der Waals surface area contributed by atoms with Crippen LogP contribution in [0.1, 0.15) is 0 Å². The molecule has 0 bridgehead atoms. The van der Waals surface area contributed by atoms with Crippen molar-refractivity contribution in [2.75, 3.05) is 6.01 Å². The second-order valence-electron chi connectivity index (χ2n) is 2.61. The van der Waals surface area contributed by atoms with Crippen molar-refractivity contribution >= 4 is 29.6 Å². The third-order valence-corrected chi connectivity index (χ3v) is 4.41. The number of sulfone groups is 1. The molecule has 84 valence electrons. The zero-order valence-corrected chi connectivity index (χ0v) is 9.61. The van der Waals surface area contributed by atoms with Gasteiger partial charge in [-0.05, 0) is 12.1 Å². The van der Waals surface area contributed by atoms with Gasteiger partial charge in [0.05, 0.1) is 4.90 Å². The fourth-order valence-electron chi connectivity index (χ4n) is 0.967. The van der Waals surface area contributed by atoms with Gasteiger partial charge >= 0.3 is 0 Å². The quantitative estimate of drug-likeness (QED) is 0.778. The molecule has 0 N–H and O–H groups in total. The minimum atomic E-state index is -4.24. The molecule has 0 aliphatic rings. The van der Waals surface area contributed by atoms with E-state index in [9.17, 15) is 21.2 Å². The van der Waals surface area contributed by atoms with Crippen molar-refractivity contribution in [3.8, 4) is 0 Å². The molecule has 0 spiro atoms. The van der Waals surface area contributed by atoms with Crippen LogP contribution in [-0.2, 0) is 18.9 Å².